The van der Waals surface area contributed by atoms with E-state index in [-0.39, 0.29) is 0 Å². The average Bonchev–Trinajstić information content (AvgIpc) is 3.04. The predicted molar refractivity (Wildman–Crippen MR) is 83.7 cm³/mol. The molecule has 0 amide bonds. The number of aromatic nitrogens is 1. The largest absolute Gasteiger partial charge is 0.265 e. The Morgan fingerprint density at radius 1 is 1.19 bits per heavy atom. The smallest absolute Gasteiger partial charge is 0.252 e. The van der Waals surface area contributed by atoms with E-state index in [2.05, 4.69) is 4.98 Å². The van der Waals surface area contributed by atoms with Crippen LogP contribution in [-0.4, -0.2) is 30.8 Å². The molecule has 21 heavy (non-hydrogen) atoms. The lowest BCUT2D eigenvalue weighted by Crippen LogP contribution is -2.38. The molecule has 4 nitrogen and oxygen atoms in total. The maximum Gasteiger partial charge on any atom is 0.252 e. The van der Waals surface area contributed by atoms with Gasteiger partial charge < -0.3 is 0 Å². The molecule has 0 saturated carbocycles. The highest BCUT2D eigenvalue weighted by atomic mass is 32.2. The SMILES string of the molecule is O=S(=O)(c1cccs1)N1CCC(Cc2ccncc2)CC1. The van der Waals surface area contributed by atoms with Crippen molar-refractivity contribution in [1.82, 2.24) is 9.29 Å². The number of piperidine rings is 1. The molecule has 0 atom stereocenters. The molecule has 0 aliphatic carbocycles. The van der Waals surface area contributed by atoms with Gasteiger partial charge in [0, 0.05) is 25.5 Å². The van der Waals surface area contributed by atoms with E-state index in [9.17, 15) is 8.42 Å². The molecule has 0 bridgehead atoms. The van der Waals surface area contributed by atoms with Crippen LogP contribution < -0.4 is 0 Å². The van der Waals surface area contributed by atoms with Gasteiger partial charge in [0.2, 0.25) is 0 Å². The van der Waals surface area contributed by atoms with Crippen LogP contribution in [0, 0.1) is 5.92 Å². The van der Waals surface area contributed by atoms with Crippen LogP contribution in [0.4, 0.5) is 0 Å². The topological polar surface area (TPSA) is 50.3 Å². The quantitative estimate of drug-likeness (QED) is 0.870. The van der Waals surface area contributed by atoms with Crippen molar-refractivity contribution in [2.45, 2.75) is 23.5 Å². The molecule has 6 heteroatoms. The fraction of sp³-hybridized carbons (Fsp3) is 0.400. The second-order valence-corrected chi connectivity index (χ2v) is 8.45. The van der Waals surface area contributed by atoms with Gasteiger partial charge in [0.25, 0.3) is 10.0 Å². The van der Waals surface area contributed by atoms with E-state index in [4.69, 9.17) is 0 Å². The van der Waals surface area contributed by atoms with E-state index in [0.29, 0.717) is 23.2 Å². The fourth-order valence-electron chi connectivity index (χ4n) is 2.74. The van der Waals surface area contributed by atoms with Crippen molar-refractivity contribution < 1.29 is 8.42 Å². The van der Waals surface area contributed by atoms with Crippen molar-refractivity contribution >= 4 is 21.4 Å². The zero-order valence-corrected chi connectivity index (χ0v) is 13.3. The molecule has 0 spiro atoms. The third-order valence-corrected chi connectivity index (χ3v) is 7.21. The van der Waals surface area contributed by atoms with Crippen molar-refractivity contribution in [2.75, 3.05) is 13.1 Å². The normalized spacial score (nSPS) is 17.9. The molecule has 0 N–H and O–H groups in total. The Morgan fingerprint density at radius 2 is 1.90 bits per heavy atom. The number of nitrogens with zero attached hydrogens (tertiary/aromatic N) is 2. The Morgan fingerprint density at radius 3 is 2.52 bits per heavy atom. The summed E-state index contributed by atoms with van der Waals surface area (Å²) >= 11 is 1.29. The van der Waals surface area contributed by atoms with E-state index in [0.717, 1.165) is 19.3 Å². The monoisotopic (exact) mass is 322 g/mol. The molecule has 1 aliphatic rings. The van der Waals surface area contributed by atoms with Crippen molar-refractivity contribution in [3.8, 4) is 0 Å². The third kappa shape index (κ3) is 3.33. The van der Waals surface area contributed by atoms with Crippen LogP contribution in [0.1, 0.15) is 18.4 Å². The lowest BCUT2D eigenvalue weighted by Gasteiger charge is -2.30. The van der Waals surface area contributed by atoms with Crippen molar-refractivity contribution in [3.05, 3.63) is 47.6 Å². The van der Waals surface area contributed by atoms with Gasteiger partial charge in [-0.15, -0.1) is 11.3 Å². The molecular weight excluding hydrogens is 304 g/mol. The summed E-state index contributed by atoms with van der Waals surface area (Å²) in [6.07, 6.45) is 6.48. The van der Waals surface area contributed by atoms with Crippen molar-refractivity contribution in [2.24, 2.45) is 5.92 Å². The highest BCUT2D eigenvalue weighted by molar-refractivity contribution is 7.91. The summed E-state index contributed by atoms with van der Waals surface area (Å²) in [5.41, 5.74) is 1.28. The van der Waals surface area contributed by atoms with Crippen LogP contribution in [0.3, 0.4) is 0 Å². The molecule has 1 fully saturated rings. The zero-order chi connectivity index (χ0) is 14.7. The van der Waals surface area contributed by atoms with Gasteiger partial charge in [0.15, 0.2) is 0 Å². The highest BCUT2D eigenvalue weighted by Gasteiger charge is 2.29. The Balaban J connectivity index is 1.61. The molecule has 0 aromatic carbocycles. The first-order chi connectivity index (χ1) is 10.2. The van der Waals surface area contributed by atoms with Crippen LogP contribution in [-0.2, 0) is 16.4 Å². The van der Waals surface area contributed by atoms with Gasteiger partial charge in [0.1, 0.15) is 4.21 Å². The minimum Gasteiger partial charge on any atom is -0.265 e. The van der Waals surface area contributed by atoms with Gasteiger partial charge >= 0.3 is 0 Å². The summed E-state index contributed by atoms with van der Waals surface area (Å²) < 4.78 is 27.0. The standard InChI is InChI=1S/C15H18N2O2S2/c18-21(19,15-2-1-11-20-15)17-9-5-14(6-10-17)12-13-3-7-16-8-4-13/h1-4,7-8,11,14H,5-6,9-10,12H2. The molecule has 0 radical (unpaired) electrons. The molecule has 112 valence electrons. The molecular formula is C15H18N2O2S2. The van der Waals surface area contributed by atoms with E-state index in [1.54, 1.807) is 16.4 Å². The second kappa shape index (κ2) is 6.25. The minimum absolute atomic E-state index is 0.454. The van der Waals surface area contributed by atoms with Crippen molar-refractivity contribution in [1.29, 1.82) is 0 Å². The maximum absolute atomic E-state index is 12.4. The van der Waals surface area contributed by atoms with Gasteiger partial charge in [-0.05, 0) is 54.3 Å². The summed E-state index contributed by atoms with van der Waals surface area (Å²) in [6.45, 7) is 1.24. The fourth-order valence-corrected chi connectivity index (χ4v) is 5.36. The molecule has 2 aromatic heterocycles. The predicted octanol–water partition coefficient (Wildman–Crippen LogP) is 2.79. The molecule has 1 saturated heterocycles. The molecule has 3 rings (SSSR count). The summed E-state index contributed by atoms with van der Waals surface area (Å²) in [6, 6.07) is 7.54. The minimum atomic E-state index is -3.27. The Kier molecular flexibility index (Phi) is 4.37. The Hall–Kier alpha value is -1.24. The number of hydrogen-bond donors (Lipinski definition) is 0. The molecule has 3 heterocycles. The third-order valence-electron chi connectivity index (χ3n) is 3.94. The molecule has 1 aliphatic heterocycles. The van der Waals surface area contributed by atoms with E-state index in [1.165, 1.54) is 16.9 Å². The Bertz CT molecular complexity index is 661. The number of hydrogen-bond acceptors (Lipinski definition) is 4. The average molecular weight is 322 g/mol. The van der Waals surface area contributed by atoms with Crippen LogP contribution in [0.25, 0.3) is 0 Å². The summed E-state index contributed by atoms with van der Waals surface area (Å²) in [5.74, 6) is 0.558. The van der Waals surface area contributed by atoms with E-state index < -0.39 is 10.0 Å². The maximum atomic E-state index is 12.4. The van der Waals surface area contributed by atoms with Gasteiger partial charge in [-0.1, -0.05) is 6.07 Å². The van der Waals surface area contributed by atoms with Gasteiger partial charge in [-0.2, -0.15) is 4.31 Å². The summed E-state index contributed by atoms with van der Waals surface area (Å²) in [5, 5.41) is 1.81. The van der Waals surface area contributed by atoms with Crippen LogP contribution in [0.5, 0.6) is 0 Å². The van der Waals surface area contributed by atoms with Gasteiger partial charge in [-0.25, -0.2) is 8.42 Å². The number of thiophene rings is 1. The van der Waals surface area contributed by atoms with Crippen molar-refractivity contribution in [3.63, 3.8) is 0 Å². The summed E-state index contributed by atoms with van der Waals surface area (Å²) in [7, 11) is -3.27. The highest BCUT2D eigenvalue weighted by Crippen LogP contribution is 2.27. The lowest BCUT2D eigenvalue weighted by atomic mass is 9.91. The number of pyridine rings is 1. The zero-order valence-electron chi connectivity index (χ0n) is 11.7. The number of sulfonamides is 1. The second-order valence-electron chi connectivity index (χ2n) is 5.34. The molecule has 2 aromatic rings. The Labute approximate surface area is 129 Å². The summed E-state index contributed by atoms with van der Waals surface area (Å²) in [4.78, 5) is 4.02. The first-order valence-corrected chi connectivity index (χ1v) is 9.41. The lowest BCUT2D eigenvalue weighted by molar-refractivity contribution is 0.273. The first kappa shape index (κ1) is 14.7. The van der Waals surface area contributed by atoms with Crippen LogP contribution in [0.15, 0.2) is 46.2 Å². The van der Waals surface area contributed by atoms with E-state index in [1.807, 2.05) is 29.9 Å². The van der Waals surface area contributed by atoms with Crippen LogP contribution in [0.2, 0.25) is 0 Å². The van der Waals surface area contributed by atoms with Gasteiger partial charge in [0.05, 0.1) is 0 Å². The van der Waals surface area contributed by atoms with Crippen LogP contribution >= 0.6 is 11.3 Å². The first-order valence-electron chi connectivity index (χ1n) is 7.09. The molecule has 0 unspecified atom stereocenters. The van der Waals surface area contributed by atoms with E-state index >= 15 is 0 Å². The number of rotatable bonds is 4. The van der Waals surface area contributed by atoms with Gasteiger partial charge in [-0.3, -0.25) is 4.98 Å².